The van der Waals surface area contributed by atoms with Crippen molar-refractivity contribution >= 4 is 22.3 Å². The van der Waals surface area contributed by atoms with Crippen molar-refractivity contribution in [2.75, 3.05) is 0 Å². The molecular weight excluding hydrogens is 478 g/mol. The summed E-state index contributed by atoms with van der Waals surface area (Å²) in [7, 11) is 0. The Morgan fingerprint density at radius 3 is 2.28 bits per heavy atom. The molecule has 0 unspecified atom stereocenters. The number of Topliss-reactive ketones (excluding diaryl/α,β-unsaturated/α-hetero) is 1. The molecule has 0 radical (unpaired) electrons. The topological polar surface area (TPSA) is 42.2 Å². The minimum Gasteiger partial charge on any atom is -0.506 e. The normalized spacial score (nSPS) is 14.9. The summed E-state index contributed by atoms with van der Waals surface area (Å²) >= 11 is 0. The van der Waals surface area contributed by atoms with Crippen molar-refractivity contribution in [3.63, 3.8) is 0 Å². The molecule has 0 spiro atoms. The van der Waals surface area contributed by atoms with Gasteiger partial charge in [-0.05, 0) is 53.7 Å². The molecular formula is C36H37NO2. The maximum atomic E-state index is 13.8. The number of benzene rings is 3. The molecule has 0 saturated carbocycles. The molecule has 1 N–H and O–H groups in total. The van der Waals surface area contributed by atoms with Crippen LogP contribution in [0.5, 0.6) is 0 Å². The summed E-state index contributed by atoms with van der Waals surface area (Å²) < 4.78 is 2.31. The molecule has 3 nitrogen and oxygen atoms in total. The van der Waals surface area contributed by atoms with Gasteiger partial charge in [0, 0.05) is 28.4 Å². The second kappa shape index (κ2) is 10.2. The third-order valence-corrected chi connectivity index (χ3v) is 8.10. The van der Waals surface area contributed by atoms with Gasteiger partial charge in [0.2, 0.25) is 5.78 Å². The van der Waals surface area contributed by atoms with Crippen LogP contribution >= 0.6 is 0 Å². The van der Waals surface area contributed by atoms with Crippen LogP contribution in [-0.4, -0.2) is 15.5 Å². The standard InChI is InChI=1S/C36H37NO2/c1-23(2)20-21-37-30-19-13-11-17-27(30)31(33(37)26-15-8-7-9-16-26)32-34(38)28(35(32)39)22-25(4)36(5,6)29-18-12-10-14-24(29)3/h7-19,22-23,38H,4,20-21H2,1-3,5-6H3/b28-22-. The Morgan fingerprint density at radius 1 is 0.974 bits per heavy atom. The van der Waals surface area contributed by atoms with Crippen molar-refractivity contribution in [2.24, 2.45) is 5.92 Å². The van der Waals surface area contributed by atoms with E-state index in [-0.39, 0.29) is 11.5 Å². The number of nitrogens with zero attached hydrogens (tertiary/aromatic N) is 1. The zero-order valence-corrected chi connectivity index (χ0v) is 23.6. The van der Waals surface area contributed by atoms with E-state index in [1.807, 2.05) is 42.5 Å². The lowest BCUT2D eigenvalue weighted by Gasteiger charge is -2.30. The maximum Gasteiger partial charge on any atom is 0.201 e. The van der Waals surface area contributed by atoms with Gasteiger partial charge in [0.25, 0.3) is 0 Å². The number of aromatic nitrogens is 1. The number of rotatable bonds is 8. The highest BCUT2D eigenvalue weighted by atomic mass is 16.3. The van der Waals surface area contributed by atoms with Gasteiger partial charge in [-0.3, -0.25) is 4.79 Å². The Labute approximate surface area is 231 Å². The first-order chi connectivity index (χ1) is 18.6. The van der Waals surface area contributed by atoms with Gasteiger partial charge in [-0.2, -0.15) is 0 Å². The Kier molecular flexibility index (Phi) is 6.94. The highest BCUT2D eigenvalue weighted by Gasteiger charge is 2.39. The lowest BCUT2D eigenvalue weighted by Crippen LogP contribution is -2.25. The summed E-state index contributed by atoms with van der Waals surface area (Å²) in [5.74, 6) is 0.442. The third kappa shape index (κ3) is 4.57. The fourth-order valence-corrected chi connectivity index (χ4v) is 5.66. The fourth-order valence-electron chi connectivity index (χ4n) is 5.66. The van der Waals surface area contributed by atoms with Crippen molar-refractivity contribution in [3.8, 4) is 11.3 Å². The van der Waals surface area contributed by atoms with E-state index in [4.69, 9.17) is 0 Å². The molecule has 1 aliphatic rings. The van der Waals surface area contributed by atoms with Crippen molar-refractivity contribution in [2.45, 2.75) is 53.0 Å². The predicted molar refractivity (Wildman–Crippen MR) is 163 cm³/mol. The van der Waals surface area contributed by atoms with Gasteiger partial charge in [0.1, 0.15) is 5.76 Å². The number of aryl methyl sites for hydroxylation is 2. The first-order valence-electron chi connectivity index (χ1n) is 13.8. The maximum absolute atomic E-state index is 13.8. The van der Waals surface area contributed by atoms with Crippen LogP contribution in [0.4, 0.5) is 0 Å². The summed E-state index contributed by atoms with van der Waals surface area (Å²) in [4.78, 5) is 13.8. The van der Waals surface area contributed by atoms with Crippen LogP contribution in [0, 0.1) is 12.8 Å². The zero-order chi connectivity index (χ0) is 27.9. The van der Waals surface area contributed by atoms with E-state index in [0.29, 0.717) is 17.1 Å². The van der Waals surface area contributed by atoms with Crippen molar-refractivity contribution in [1.82, 2.24) is 4.57 Å². The van der Waals surface area contributed by atoms with Crippen LogP contribution in [0.2, 0.25) is 0 Å². The van der Waals surface area contributed by atoms with E-state index in [9.17, 15) is 9.90 Å². The third-order valence-electron chi connectivity index (χ3n) is 8.10. The summed E-state index contributed by atoms with van der Waals surface area (Å²) in [5, 5.41) is 12.4. The molecule has 39 heavy (non-hydrogen) atoms. The minimum atomic E-state index is -0.392. The molecule has 0 amide bonds. The van der Waals surface area contributed by atoms with E-state index in [1.54, 1.807) is 6.08 Å². The van der Waals surface area contributed by atoms with Gasteiger partial charge >= 0.3 is 0 Å². The fraction of sp³-hybridized carbons (Fsp3) is 0.250. The first kappa shape index (κ1) is 26.5. The van der Waals surface area contributed by atoms with Crippen LogP contribution < -0.4 is 0 Å². The average molecular weight is 516 g/mol. The number of aliphatic hydroxyl groups excluding tert-OH is 1. The van der Waals surface area contributed by atoms with Crippen LogP contribution in [0.25, 0.3) is 27.7 Å². The molecule has 3 heteroatoms. The lowest BCUT2D eigenvalue weighted by molar-refractivity contribution is -0.111. The number of para-hydroxylation sites is 1. The number of carbonyl (C=O) groups excluding carboxylic acids is 1. The lowest BCUT2D eigenvalue weighted by atomic mass is 9.73. The Hall–Kier alpha value is -4.11. The van der Waals surface area contributed by atoms with E-state index >= 15 is 0 Å². The van der Waals surface area contributed by atoms with Gasteiger partial charge in [-0.15, -0.1) is 0 Å². The summed E-state index contributed by atoms with van der Waals surface area (Å²) in [6.07, 6.45) is 2.78. The average Bonchev–Trinajstić information content (AvgIpc) is 3.24. The zero-order valence-electron chi connectivity index (χ0n) is 23.6. The molecule has 1 aromatic heterocycles. The molecule has 5 rings (SSSR count). The highest BCUT2D eigenvalue weighted by Crippen LogP contribution is 2.46. The molecule has 198 valence electrons. The van der Waals surface area contributed by atoms with E-state index < -0.39 is 5.41 Å². The molecule has 0 saturated heterocycles. The van der Waals surface area contributed by atoms with Crippen molar-refractivity contribution in [3.05, 3.63) is 125 Å². The molecule has 1 aliphatic carbocycles. The largest absolute Gasteiger partial charge is 0.506 e. The Bertz CT molecular complexity index is 1640. The number of allylic oxidation sites excluding steroid dienone is 4. The number of hydrogen-bond acceptors (Lipinski definition) is 2. The molecule has 4 aromatic rings. The number of aliphatic hydroxyl groups is 1. The summed E-state index contributed by atoms with van der Waals surface area (Å²) in [6, 6.07) is 26.6. The minimum absolute atomic E-state index is 0.0469. The van der Waals surface area contributed by atoms with Crippen molar-refractivity contribution < 1.29 is 9.90 Å². The quantitative estimate of drug-likeness (QED) is 0.238. The number of hydrogen-bond donors (Lipinski definition) is 1. The Balaban J connectivity index is 1.66. The van der Waals surface area contributed by atoms with E-state index in [2.05, 4.69) is 82.2 Å². The number of fused-ring (bicyclic) bond motifs is 1. The SMILES string of the molecule is C=C(/C=C1\C(=O)C(c2c(-c3ccccc3)n(CCC(C)C)c3ccccc23)=C1O)C(C)(C)c1ccccc1C. The van der Waals surface area contributed by atoms with E-state index in [0.717, 1.165) is 51.8 Å². The second-order valence-corrected chi connectivity index (χ2v) is 11.5. The molecule has 0 atom stereocenters. The number of carbonyl (C=O) groups is 1. The predicted octanol–water partition coefficient (Wildman–Crippen LogP) is 8.98. The van der Waals surface area contributed by atoms with Crippen LogP contribution in [0.3, 0.4) is 0 Å². The van der Waals surface area contributed by atoms with Crippen LogP contribution in [-0.2, 0) is 16.8 Å². The summed E-state index contributed by atoms with van der Waals surface area (Å²) in [6.45, 7) is 15.9. The van der Waals surface area contributed by atoms with Crippen LogP contribution in [0.1, 0.15) is 50.8 Å². The number of ketones is 1. The van der Waals surface area contributed by atoms with Crippen LogP contribution in [0.15, 0.2) is 108 Å². The second-order valence-electron chi connectivity index (χ2n) is 11.5. The van der Waals surface area contributed by atoms with Gasteiger partial charge in [-0.1, -0.05) is 107 Å². The first-order valence-corrected chi connectivity index (χ1v) is 13.8. The highest BCUT2D eigenvalue weighted by molar-refractivity contribution is 6.41. The van der Waals surface area contributed by atoms with Crippen molar-refractivity contribution in [1.29, 1.82) is 0 Å². The Morgan fingerprint density at radius 2 is 1.62 bits per heavy atom. The monoisotopic (exact) mass is 515 g/mol. The molecule has 0 fully saturated rings. The summed E-state index contributed by atoms with van der Waals surface area (Å²) in [5.41, 5.74) is 7.33. The smallest absolute Gasteiger partial charge is 0.201 e. The molecule has 3 aromatic carbocycles. The van der Waals surface area contributed by atoms with Gasteiger partial charge in [0.05, 0.1) is 16.8 Å². The van der Waals surface area contributed by atoms with E-state index in [1.165, 1.54) is 5.56 Å². The van der Waals surface area contributed by atoms with Gasteiger partial charge in [-0.25, -0.2) is 0 Å². The van der Waals surface area contributed by atoms with Gasteiger partial charge in [0.15, 0.2) is 0 Å². The van der Waals surface area contributed by atoms with Gasteiger partial charge < -0.3 is 9.67 Å². The molecule has 1 heterocycles. The molecule has 0 aliphatic heterocycles. The molecule has 0 bridgehead atoms.